The van der Waals surface area contributed by atoms with Crippen molar-refractivity contribution in [1.29, 1.82) is 0 Å². The van der Waals surface area contributed by atoms with Gasteiger partial charge in [-0.3, -0.25) is 9.59 Å². The molecule has 5 aliphatic carbocycles. The molecule has 6 nitrogen and oxygen atoms in total. The van der Waals surface area contributed by atoms with Crippen LogP contribution in [0.15, 0.2) is 24.3 Å². The topological polar surface area (TPSA) is 104 Å². The van der Waals surface area contributed by atoms with E-state index in [-0.39, 0.29) is 24.3 Å². The van der Waals surface area contributed by atoms with Crippen molar-refractivity contribution >= 4 is 17.8 Å². The van der Waals surface area contributed by atoms with Crippen molar-refractivity contribution in [2.75, 3.05) is 6.54 Å². The zero-order chi connectivity index (χ0) is 29.2. The molecule has 3 N–H and O–H groups in total. The maximum Gasteiger partial charge on any atom is 0.335 e. The summed E-state index contributed by atoms with van der Waals surface area (Å²) in [7, 11) is 0. The van der Waals surface area contributed by atoms with E-state index in [2.05, 4.69) is 38.2 Å². The number of nitrogens with one attached hydrogen (secondary N) is 1. The van der Waals surface area contributed by atoms with Gasteiger partial charge in [0.25, 0.3) is 0 Å². The molecule has 0 saturated heterocycles. The van der Waals surface area contributed by atoms with Crippen LogP contribution < -0.4 is 5.32 Å². The van der Waals surface area contributed by atoms with Crippen LogP contribution in [0.25, 0.3) is 0 Å². The number of aromatic carboxylic acids is 1. The van der Waals surface area contributed by atoms with Crippen LogP contribution in [0.5, 0.6) is 0 Å². The Labute approximate surface area is 245 Å². The van der Waals surface area contributed by atoms with E-state index in [1.165, 1.54) is 44.1 Å². The molecular weight excluding hydrogens is 514 g/mol. The van der Waals surface area contributed by atoms with Gasteiger partial charge in [0.1, 0.15) is 0 Å². The summed E-state index contributed by atoms with van der Waals surface area (Å²) < 4.78 is 0. The largest absolute Gasteiger partial charge is 0.481 e. The fourth-order valence-corrected chi connectivity index (χ4v) is 12.0. The first-order valence-corrected chi connectivity index (χ1v) is 16.3. The standard InChI is InChI=1S/C35H49NO5/c1-21-24(22-6-8-23(9-7-22)31(39)40)12-17-33(2)26(21)13-18-34(3)27-14-19-35(32(41)36-20-15-30(37)38)16-4-5-28(35)25(27)10-11-29(33)34/h6-9,21,24-29H,4-5,10-20H2,1-3H3,(H,36,41)(H,37,38)(H,39,40). The van der Waals surface area contributed by atoms with Crippen molar-refractivity contribution in [1.82, 2.24) is 5.32 Å². The highest BCUT2D eigenvalue weighted by atomic mass is 16.4. The van der Waals surface area contributed by atoms with Crippen molar-refractivity contribution in [3.63, 3.8) is 0 Å². The lowest BCUT2D eigenvalue weighted by atomic mass is 9.37. The molecule has 6 rings (SSSR count). The predicted molar refractivity (Wildman–Crippen MR) is 157 cm³/mol. The molecule has 0 bridgehead atoms. The van der Waals surface area contributed by atoms with Crippen molar-refractivity contribution in [3.8, 4) is 0 Å². The Kier molecular flexibility index (Phi) is 7.30. The molecule has 5 fully saturated rings. The smallest absolute Gasteiger partial charge is 0.335 e. The quantitative estimate of drug-likeness (QED) is 0.341. The van der Waals surface area contributed by atoms with Gasteiger partial charge in [0.15, 0.2) is 0 Å². The van der Waals surface area contributed by atoms with Crippen LogP contribution in [-0.4, -0.2) is 34.6 Å². The predicted octanol–water partition coefficient (Wildman–Crippen LogP) is 7.13. The van der Waals surface area contributed by atoms with Crippen LogP contribution in [0.3, 0.4) is 0 Å². The Balaban J connectivity index is 1.20. The van der Waals surface area contributed by atoms with Gasteiger partial charge in [-0.1, -0.05) is 39.3 Å². The lowest BCUT2D eigenvalue weighted by Crippen LogP contribution is -2.61. The van der Waals surface area contributed by atoms with Crippen LogP contribution in [-0.2, 0) is 9.59 Å². The second-order valence-electron chi connectivity index (χ2n) is 15.1. The van der Waals surface area contributed by atoms with Crippen LogP contribution in [0.4, 0.5) is 0 Å². The molecule has 1 aromatic rings. The number of hydrogen-bond acceptors (Lipinski definition) is 3. The minimum absolute atomic E-state index is 0.00896. The zero-order valence-corrected chi connectivity index (χ0v) is 25.2. The molecule has 0 radical (unpaired) electrons. The number of hydrogen-bond donors (Lipinski definition) is 3. The first kappa shape index (κ1) is 28.7. The molecule has 6 heteroatoms. The summed E-state index contributed by atoms with van der Waals surface area (Å²) in [4.78, 5) is 36.0. The van der Waals surface area contributed by atoms with Crippen LogP contribution in [0, 0.1) is 51.8 Å². The van der Waals surface area contributed by atoms with Gasteiger partial charge in [0.2, 0.25) is 5.91 Å². The van der Waals surface area contributed by atoms with E-state index in [9.17, 15) is 19.5 Å². The third kappa shape index (κ3) is 4.45. The summed E-state index contributed by atoms with van der Waals surface area (Å²) >= 11 is 0. The SMILES string of the molecule is CC1C(c2ccc(C(=O)O)cc2)CCC2(C)C1CCC1(C)C3CCC4(C(=O)NCCC(=O)O)CCCC4C3CCC21. The van der Waals surface area contributed by atoms with Crippen molar-refractivity contribution in [2.24, 2.45) is 51.8 Å². The Hall–Kier alpha value is -2.37. The number of carbonyl (C=O) groups excluding carboxylic acids is 1. The molecule has 0 spiro atoms. The minimum Gasteiger partial charge on any atom is -0.481 e. The molecule has 5 saturated carbocycles. The highest BCUT2D eigenvalue weighted by molar-refractivity contribution is 5.87. The maximum atomic E-state index is 13.6. The van der Waals surface area contributed by atoms with Gasteiger partial charge < -0.3 is 15.5 Å². The van der Waals surface area contributed by atoms with E-state index in [1.54, 1.807) is 12.1 Å². The average Bonchev–Trinajstić information content (AvgIpc) is 3.39. The number of carboxylic acids is 2. The molecule has 0 heterocycles. The number of fused-ring (bicyclic) bond motifs is 7. The normalized spacial score (nSPS) is 43.1. The molecule has 1 aromatic carbocycles. The van der Waals surface area contributed by atoms with Gasteiger partial charge >= 0.3 is 11.9 Å². The number of amides is 1. The Bertz CT molecular complexity index is 1200. The summed E-state index contributed by atoms with van der Waals surface area (Å²) in [5.74, 6) is 2.61. The minimum atomic E-state index is -0.862. The lowest BCUT2D eigenvalue weighted by Gasteiger charge is -2.68. The van der Waals surface area contributed by atoms with Crippen molar-refractivity contribution < 1.29 is 24.6 Å². The lowest BCUT2D eigenvalue weighted by molar-refractivity contribution is -0.187. The van der Waals surface area contributed by atoms with Crippen molar-refractivity contribution in [2.45, 2.75) is 104 Å². The number of rotatable bonds is 6. The zero-order valence-electron chi connectivity index (χ0n) is 25.2. The molecule has 41 heavy (non-hydrogen) atoms. The number of carbonyl (C=O) groups is 3. The second-order valence-corrected chi connectivity index (χ2v) is 15.1. The number of carboxylic acid groups (broad SMARTS) is 2. The Morgan fingerprint density at radius 2 is 1.51 bits per heavy atom. The van der Waals surface area contributed by atoms with E-state index < -0.39 is 11.9 Å². The molecule has 1 amide bonds. The van der Waals surface area contributed by atoms with Crippen LogP contribution in [0.1, 0.15) is 120 Å². The van der Waals surface area contributed by atoms with E-state index >= 15 is 0 Å². The monoisotopic (exact) mass is 563 g/mol. The van der Waals surface area contributed by atoms with Gasteiger partial charge in [-0.15, -0.1) is 0 Å². The molecular formula is C35H49NO5. The molecule has 5 aliphatic rings. The summed E-state index contributed by atoms with van der Waals surface area (Å²) in [5, 5.41) is 21.4. The van der Waals surface area contributed by atoms with Gasteiger partial charge in [0, 0.05) is 6.54 Å². The highest BCUT2D eigenvalue weighted by Crippen LogP contribution is 2.72. The van der Waals surface area contributed by atoms with E-state index in [0.29, 0.717) is 57.8 Å². The fraction of sp³-hybridized carbons (Fsp3) is 0.743. The molecule has 10 unspecified atom stereocenters. The molecule has 10 atom stereocenters. The Morgan fingerprint density at radius 1 is 0.829 bits per heavy atom. The van der Waals surface area contributed by atoms with Gasteiger partial charge in [-0.2, -0.15) is 0 Å². The van der Waals surface area contributed by atoms with Crippen LogP contribution in [0.2, 0.25) is 0 Å². The number of aliphatic carboxylic acids is 1. The summed E-state index contributed by atoms with van der Waals surface area (Å²) in [6, 6.07) is 7.66. The third-order valence-electron chi connectivity index (χ3n) is 13.8. The maximum absolute atomic E-state index is 13.6. The molecule has 0 aromatic heterocycles. The van der Waals surface area contributed by atoms with Crippen molar-refractivity contribution in [3.05, 3.63) is 35.4 Å². The highest BCUT2D eigenvalue weighted by Gasteiger charge is 2.65. The summed E-state index contributed by atoms with van der Waals surface area (Å²) in [5.41, 5.74) is 2.02. The van der Waals surface area contributed by atoms with Gasteiger partial charge in [-0.05, 0) is 134 Å². The first-order chi connectivity index (χ1) is 19.5. The van der Waals surface area contributed by atoms with Gasteiger partial charge in [-0.25, -0.2) is 4.79 Å². The van der Waals surface area contributed by atoms with Gasteiger partial charge in [0.05, 0.1) is 17.4 Å². The van der Waals surface area contributed by atoms with E-state index in [0.717, 1.165) is 32.1 Å². The molecule has 0 aliphatic heterocycles. The van der Waals surface area contributed by atoms with Crippen LogP contribution >= 0.6 is 0 Å². The van der Waals surface area contributed by atoms with E-state index in [1.807, 2.05) is 0 Å². The fourth-order valence-electron chi connectivity index (χ4n) is 12.0. The Morgan fingerprint density at radius 3 is 2.22 bits per heavy atom. The number of benzene rings is 1. The average molecular weight is 564 g/mol. The summed E-state index contributed by atoms with van der Waals surface area (Å²) in [6.07, 6.45) is 12.8. The summed E-state index contributed by atoms with van der Waals surface area (Å²) in [6.45, 7) is 7.92. The third-order valence-corrected chi connectivity index (χ3v) is 13.8. The second kappa shape index (κ2) is 10.4. The molecule has 224 valence electrons. The van der Waals surface area contributed by atoms with E-state index in [4.69, 9.17) is 5.11 Å². The first-order valence-electron chi connectivity index (χ1n) is 16.3.